The van der Waals surface area contributed by atoms with Gasteiger partial charge in [-0.05, 0) is 42.2 Å². The van der Waals surface area contributed by atoms with Crippen LogP contribution in [-0.2, 0) is 15.4 Å². The maximum Gasteiger partial charge on any atom is 0.241 e. The second kappa shape index (κ2) is 7.21. The fourth-order valence-corrected chi connectivity index (χ4v) is 3.80. The minimum Gasteiger partial charge on any atom is -0.265 e. The Labute approximate surface area is 159 Å². The van der Waals surface area contributed by atoms with Gasteiger partial charge in [0.2, 0.25) is 10.0 Å². The lowest BCUT2D eigenvalue weighted by Crippen LogP contribution is -2.27. The smallest absolute Gasteiger partial charge is 0.241 e. The first-order chi connectivity index (χ1) is 12.7. The molecule has 1 aromatic carbocycles. The van der Waals surface area contributed by atoms with Gasteiger partial charge in [0.25, 0.3) is 0 Å². The summed E-state index contributed by atoms with van der Waals surface area (Å²) in [7, 11) is -3.67. The Morgan fingerprint density at radius 1 is 1.04 bits per heavy atom. The zero-order valence-corrected chi connectivity index (χ0v) is 16.6. The van der Waals surface area contributed by atoms with Crippen molar-refractivity contribution in [3.63, 3.8) is 0 Å². The number of nitrogens with one attached hydrogen (secondary N) is 2. The quantitative estimate of drug-likeness (QED) is 0.702. The number of hydrogen-bond donors (Lipinski definition) is 2. The molecule has 0 amide bonds. The first kappa shape index (κ1) is 19.2. The summed E-state index contributed by atoms with van der Waals surface area (Å²) < 4.78 is 28.0. The van der Waals surface area contributed by atoms with E-state index < -0.39 is 16.1 Å². The number of aromatic amines is 1. The van der Waals surface area contributed by atoms with Crippen LogP contribution < -0.4 is 4.72 Å². The van der Waals surface area contributed by atoms with Crippen molar-refractivity contribution in [3.8, 4) is 11.4 Å². The molecular formula is C19H23N5O2S. The molecule has 3 aromatic rings. The summed E-state index contributed by atoms with van der Waals surface area (Å²) in [6.45, 7) is 7.97. The van der Waals surface area contributed by atoms with E-state index in [9.17, 15) is 8.42 Å². The molecule has 1 atom stereocenters. The molecule has 0 saturated carbocycles. The predicted octanol–water partition coefficient (Wildman–Crippen LogP) is 3.20. The average Bonchev–Trinajstić information content (AvgIpc) is 3.12. The highest BCUT2D eigenvalue weighted by atomic mass is 32.2. The standard InChI is InChI=1S/C19H23N5O2S/c1-13(17-21-18(23-22-17)14-9-11-20-12-10-14)24-27(25,26)16-7-5-15(6-8-16)19(2,3)4/h5-13,24H,1-4H3,(H,21,22,23)/t13-/m0/s1. The van der Waals surface area contributed by atoms with Gasteiger partial charge in [0.05, 0.1) is 10.9 Å². The van der Waals surface area contributed by atoms with E-state index in [1.54, 1.807) is 43.6 Å². The van der Waals surface area contributed by atoms with Crippen molar-refractivity contribution in [3.05, 3.63) is 60.2 Å². The first-order valence-corrected chi connectivity index (χ1v) is 10.1. The van der Waals surface area contributed by atoms with Gasteiger partial charge in [-0.25, -0.2) is 18.1 Å². The van der Waals surface area contributed by atoms with Crippen molar-refractivity contribution in [1.82, 2.24) is 24.9 Å². The summed E-state index contributed by atoms with van der Waals surface area (Å²) in [4.78, 5) is 8.56. The van der Waals surface area contributed by atoms with E-state index >= 15 is 0 Å². The van der Waals surface area contributed by atoms with E-state index in [4.69, 9.17) is 0 Å². The van der Waals surface area contributed by atoms with E-state index in [0.717, 1.165) is 11.1 Å². The number of hydrogen-bond acceptors (Lipinski definition) is 5. The number of pyridine rings is 1. The monoisotopic (exact) mass is 385 g/mol. The third-order valence-corrected chi connectivity index (χ3v) is 5.77. The number of sulfonamides is 1. The number of benzene rings is 1. The van der Waals surface area contributed by atoms with Crippen molar-refractivity contribution in [2.45, 2.75) is 44.0 Å². The molecule has 0 aliphatic heterocycles. The lowest BCUT2D eigenvalue weighted by Gasteiger charge is -2.19. The van der Waals surface area contributed by atoms with Gasteiger partial charge in [0, 0.05) is 18.0 Å². The van der Waals surface area contributed by atoms with Gasteiger partial charge in [0.15, 0.2) is 5.82 Å². The van der Waals surface area contributed by atoms with Gasteiger partial charge >= 0.3 is 0 Å². The van der Waals surface area contributed by atoms with Crippen LogP contribution in [0.2, 0.25) is 0 Å². The van der Waals surface area contributed by atoms with Gasteiger partial charge in [-0.2, -0.15) is 5.10 Å². The second-order valence-corrected chi connectivity index (χ2v) is 9.11. The van der Waals surface area contributed by atoms with Gasteiger partial charge < -0.3 is 0 Å². The predicted molar refractivity (Wildman–Crippen MR) is 103 cm³/mol. The van der Waals surface area contributed by atoms with Crippen molar-refractivity contribution < 1.29 is 8.42 Å². The Bertz CT molecular complexity index is 1010. The van der Waals surface area contributed by atoms with Crippen LogP contribution in [-0.4, -0.2) is 28.6 Å². The van der Waals surface area contributed by atoms with Crippen molar-refractivity contribution >= 4 is 10.0 Å². The highest BCUT2D eigenvalue weighted by Gasteiger charge is 2.22. The molecule has 2 heterocycles. The van der Waals surface area contributed by atoms with E-state index in [1.807, 2.05) is 12.1 Å². The van der Waals surface area contributed by atoms with E-state index in [0.29, 0.717) is 11.6 Å². The number of H-pyrrole nitrogens is 1. The summed E-state index contributed by atoms with van der Waals surface area (Å²) in [5.74, 6) is 0.935. The van der Waals surface area contributed by atoms with Crippen LogP contribution in [0.25, 0.3) is 11.4 Å². The van der Waals surface area contributed by atoms with Crippen LogP contribution >= 0.6 is 0 Å². The van der Waals surface area contributed by atoms with Crippen LogP contribution in [0.3, 0.4) is 0 Å². The topological polar surface area (TPSA) is 101 Å². The molecule has 0 fully saturated rings. The molecule has 27 heavy (non-hydrogen) atoms. The molecule has 2 N–H and O–H groups in total. The summed E-state index contributed by atoms with van der Waals surface area (Å²) in [6.07, 6.45) is 3.30. The zero-order chi connectivity index (χ0) is 19.7. The molecule has 0 unspecified atom stereocenters. The zero-order valence-electron chi connectivity index (χ0n) is 15.8. The fourth-order valence-electron chi connectivity index (χ4n) is 2.59. The van der Waals surface area contributed by atoms with Crippen LogP contribution in [0, 0.1) is 0 Å². The normalized spacial score (nSPS) is 13.5. The molecule has 3 rings (SSSR count). The van der Waals surface area contributed by atoms with Gasteiger partial charge in [0.1, 0.15) is 5.82 Å². The summed E-state index contributed by atoms with van der Waals surface area (Å²) in [6, 6.07) is 9.96. The summed E-state index contributed by atoms with van der Waals surface area (Å²) >= 11 is 0. The molecule has 0 radical (unpaired) electrons. The maximum atomic E-state index is 12.7. The van der Waals surface area contributed by atoms with E-state index in [1.165, 1.54) is 0 Å². The Morgan fingerprint density at radius 2 is 1.67 bits per heavy atom. The van der Waals surface area contributed by atoms with E-state index in [-0.39, 0.29) is 10.3 Å². The van der Waals surface area contributed by atoms with Gasteiger partial charge in [-0.3, -0.25) is 10.1 Å². The molecule has 142 valence electrons. The van der Waals surface area contributed by atoms with Gasteiger partial charge in [-0.1, -0.05) is 32.9 Å². The van der Waals surface area contributed by atoms with Crippen molar-refractivity contribution in [1.29, 1.82) is 0 Å². The van der Waals surface area contributed by atoms with Crippen molar-refractivity contribution in [2.24, 2.45) is 0 Å². The number of aromatic nitrogens is 4. The minimum atomic E-state index is -3.67. The Kier molecular flexibility index (Phi) is 5.12. The highest BCUT2D eigenvalue weighted by molar-refractivity contribution is 7.89. The molecule has 0 bridgehead atoms. The maximum absolute atomic E-state index is 12.7. The lowest BCUT2D eigenvalue weighted by molar-refractivity contribution is 0.559. The Morgan fingerprint density at radius 3 is 2.26 bits per heavy atom. The van der Waals surface area contributed by atoms with Crippen LogP contribution in [0.5, 0.6) is 0 Å². The average molecular weight is 385 g/mol. The summed E-state index contributed by atoms with van der Waals surface area (Å²) in [5, 5.41) is 6.95. The first-order valence-electron chi connectivity index (χ1n) is 8.62. The molecule has 0 aliphatic carbocycles. The fraction of sp³-hybridized carbons (Fsp3) is 0.316. The molecule has 2 aromatic heterocycles. The Balaban J connectivity index is 1.77. The Hall–Kier alpha value is -2.58. The van der Waals surface area contributed by atoms with Gasteiger partial charge in [-0.15, -0.1) is 0 Å². The molecule has 0 aliphatic rings. The molecular weight excluding hydrogens is 362 g/mol. The van der Waals surface area contributed by atoms with Crippen LogP contribution in [0.1, 0.15) is 45.1 Å². The van der Waals surface area contributed by atoms with Crippen LogP contribution in [0.4, 0.5) is 0 Å². The molecule has 8 heteroatoms. The molecule has 0 saturated heterocycles. The lowest BCUT2D eigenvalue weighted by atomic mass is 9.87. The van der Waals surface area contributed by atoms with Crippen molar-refractivity contribution in [2.75, 3.05) is 0 Å². The summed E-state index contributed by atoms with van der Waals surface area (Å²) in [5.41, 5.74) is 1.85. The van der Waals surface area contributed by atoms with Crippen LogP contribution in [0.15, 0.2) is 53.7 Å². The second-order valence-electron chi connectivity index (χ2n) is 7.40. The third-order valence-electron chi connectivity index (χ3n) is 4.21. The highest BCUT2D eigenvalue weighted by Crippen LogP contribution is 2.24. The molecule has 0 spiro atoms. The molecule has 7 nitrogen and oxygen atoms in total. The third kappa shape index (κ3) is 4.40. The largest absolute Gasteiger partial charge is 0.265 e. The SMILES string of the molecule is C[C@H](NS(=O)(=O)c1ccc(C(C)(C)C)cc1)c1nc(-c2ccncc2)n[nH]1. The van der Waals surface area contributed by atoms with E-state index in [2.05, 4.69) is 45.7 Å². The number of rotatable bonds is 5. The minimum absolute atomic E-state index is 0.0355. The number of nitrogens with zero attached hydrogens (tertiary/aromatic N) is 3.